The molecule has 158 valence electrons. The van der Waals surface area contributed by atoms with Crippen molar-refractivity contribution in [3.63, 3.8) is 0 Å². The molecule has 1 aromatic rings. The maximum atomic E-state index is 13.8. The van der Waals surface area contributed by atoms with E-state index in [1.165, 1.54) is 6.07 Å². The molecule has 0 bridgehead atoms. The minimum atomic E-state index is -0.711. The lowest BCUT2D eigenvalue weighted by Gasteiger charge is -2.36. The number of hydrogen-bond donors (Lipinski definition) is 0. The van der Waals surface area contributed by atoms with Gasteiger partial charge in [-0.2, -0.15) is 0 Å². The highest BCUT2D eigenvalue weighted by Crippen LogP contribution is 2.43. The van der Waals surface area contributed by atoms with E-state index in [1.807, 2.05) is 0 Å². The van der Waals surface area contributed by atoms with Crippen LogP contribution >= 0.6 is 0 Å². The molecule has 3 aliphatic heterocycles. The van der Waals surface area contributed by atoms with Gasteiger partial charge >= 0.3 is 5.97 Å². The van der Waals surface area contributed by atoms with Gasteiger partial charge in [-0.15, -0.1) is 0 Å². The Kier molecular flexibility index (Phi) is 5.83. The summed E-state index contributed by atoms with van der Waals surface area (Å²) < 4.78 is 37.9. The first-order valence-electron chi connectivity index (χ1n) is 10.2. The molecule has 1 aromatic carbocycles. The maximum Gasteiger partial charge on any atom is 0.312 e. The number of likely N-dealkylation sites (tertiary alicyclic amines) is 1. The Morgan fingerprint density at radius 2 is 1.86 bits per heavy atom. The van der Waals surface area contributed by atoms with Gasteiger partial charge in [0.15, 0.2) is 0 Å². The summed E-state index contributed by atoms with van der Waals surface area (Å²) in [6.45, 7) is 4.73. The normalized spacial score (nSPS) is 24.7. The van der Waals surface area contributed by atoms with E-state index in [2.05, 4.69) is 4.90 Å². The second-order valence-corrected chi connectivity index (χ2v) is 8.22. The minimum Gasteiger partial charge on any atom is -0.461 e. The molecule has 6 nitrogen and oxygen atoms in total. The zero-order valence-electron chi connectivity index (χ0n) is 16.4. The third-order valence-electron chi connectivity index (χ3n) is 6.32. The number of carbonyl (C=O) groups is 2. The second-order valence-electron chi connectivity index (χ2n) is 8.22. The summed E-state index contributed by atoms with van der Waals surface area (Å²) >= 11 is 0. The lowest BCUT2D eigenvalue weighted by molar-refractivity contribution is -0.153. The number of esters is 1. The van der Waals surface area contributed by atoms with E-state index in [-0.39, 0.29) is 30.0 Å². The van der Waals surface area contributed by atoms with Crippen LogP contribution in [0, 0.1) is 17.0 Å². The Labute approximate surface area is 168 Å². The molecule has 3 heterocycles. The van der Waals surface area contributed by atoms with Crippen molar-refractivity contribution in [1.29, 1.82) is 0 Å². The fourth-order valence-corrected chi connectivity index (χ4v) is 4.54. The van der Waals surface area contributed by atoms with Crippen molar-refractivity contribution in [2.75, 3.05) is 45.9 Å². The van der Waals surface area contributed by atoms with Crippen LogP contribution in [-0.2, 0) is 25.5 Å². The standard InChI is InChI=1S/C21H26F2N2O4/c22-16-2-1-15(18(23)12-16)11-19(26)25-5-3-21(4-6-25)13-17(29-20(21)27)14-24-7-9-28-10-8-24/h1-2,12,17H,3-11,13-14H2. The second kappa shape index (κ2) is 8.36. The van der Waals surface area contributed by atoms with E-state index in [0.29, 0.717) is 45.6 Å². The molecule has 1 amide bonds. The average molecular weight is 408 g/mol. The molecule has 8 heteroatoms. The minimum absolute atomic E-state index is 0.108. The van der Waals surface area contributed by atoms with Crippen molar-refractivity contribution in [3.8, 4) is 0 Å². The summed E-state index contributed by atoms with van der Waals surface area (Å²) in [6.07, 6.45) is 1.57. The Morgan fingerprint density at radius 1 is 1.14 bits per heavy atom. The first-order valence-corrected chi connectivity index (χ1v) is 10.2. The predicted molar refractivity (Wildman–Crippen MR) is 100 cm³/mol. The first kappa shape index (κ1) is 20.2. The Balaban J connectivity index is 1.31. The largest absolute Gasteiger partial charge is 0.461 e. The number of benzene rings is 1. The van der Waals surface area contributed by atoms with Gasteiger partial charge in [-0.05, 0) is 24.5 Å². The van der Waals surface area contributed by atoms with Crippen LogP contribution in [-0.4, -0.2) is 73.7 Å². The van der Waals surface area contributed by atoms with Crippen molar-refractivity contribution in [2.45, 2.75) is 31.8 Å². The van der Waals surface area contributed by atoms with Gasteiger partial charge in [-0.1, -0.05) is 6.07 Å². The van der Waals surface area contributed by atoms with Crippen molar-refractivity contribution in [2.24, 2.45) is 5.41 Å². The predicted octanol–water partition coefficient (Wildman–Crippen LogP) is 1.76. The topological polar surface area (TPSA) is 59.1 Å². The fraction of sp³-hybridized carbons (Fsp3) is 0.619. The number of rotatable bonds is 4. The van der Waals surface area contributed by atoms with E-state index < -0.39 is 17.0 Å². The maximum absolute atomic E-state index is 13.8. The zero-order chi connectivity index (χ0) is 20.4. The van der Waals surface area contributed by atoms with Gasteiger partial charge in [-0.3, -0.25) is 14.5 Å². The highest BCUT2D eigenvalue weighted by molar-refractivity contribution is 5.81. The van der Waals surface area contributed by atoms with Crippen molar-refractivity contribution in [1.82, 2.24) is 9.80 Å². The third kappa shape index (κ3) is 4.43. The van der Waals surface area contributed by atoms with E-state index in [4.69, 9.17) is 9.47 Å². The number of amides is 1. The molecule has 0 aromatic heterocycles. The lowest BCUT2D eigenvalue weighted by Crippen LogP contribution is -2.45. The van der Waals surface area contributed by atoms with Crippen LogP contribution in [0.4, 0.5) is 8.78 Å². The lowest BCUT2D eigenvalue weighted by atomic mass is 9.76. The van der Waals surface area contributed by atoms with Crippen LogP contribution < -0.4 is 0 Å². The van der Waals surface area contributed by atoms with Crippen molar-refractivity contribution < 1.29 is 27.8 Å². The van der Waals surface area contributed by atoms with E-state index in [0.717, 1.165) is 31.8 Å². The van der Waals surface area contributed by atoms with Gasteiger partial charge in [0.25, 0.3) is 0 Å². The Morgan fingerprint density at radius 3 is 2.55 bits per heavy atom. The molecule has 3 aliphatic rings. The summed E-state index contributed by atoms with van der Waals surface area (Å²) in [5.74, 6) is -1.74. The van der Waals surface area contributed by atoms with Gasteiger partial charge in [0.2, 0.25) is 5.91 Å². The Hall–Kier alpha value is -2.06. The van der Waals surface area contributed by atoms with Crippen LogP contribution in [0.3, 0.4) is 0 Å². The highest BCUT2D eigenvalue weighted by atomic mass is 19.1. The van der Waals surface area contributed by atoms with Crippen LogP contribution in [0.15, 0.2) is 18.2 Å². The number of piperidine rings is 1. The quantitative estimate of drug-likeness (QED) is 0.711. The molecule has 0 radical (unpaired) electrons. The molecular weight excluding hydrogens is 382 g/mol. The molecular formula is C21H26F2N2O4. The number of nitrogens with zero attached hydrogens (tertiary/aromatic N) is 2. The summed E-state index contributed by atoms with van der Waals surface area (Å²) in [5.41, 5.74) is -0.336. The number of morpholine rings is 1. The van der Waals surface area contributed by atoms with Crippen LogP contribution in [0.5, 0.6) is 0 Å². The van der Waals surface area contributed by atoms with E-state index >= 15 is 0 Å². The molecule has 0 N–H and O–H groups in total. The summed E-state index contributed by atoms with van der Waals surface area (Å²) in [4.78, 5) is 29.1. The van der Waals surface area contributed by atoms with Gasteiger partial charge in [0.05, 0.1) is 25.0 Å². The Bertz CT molecular complexity index is 774. The molecule has 3 saturated heterocycles. The molecule has 0 aliphatic carbocycles. The number of ether oxygens (including phenoxy) is 2. The SMILES string of the molecule is O=C(Cc1ccc(F)cc1F)N1CCC2(CC1)CC(CN1CCOCC1)OC2=O. The highest BCUT2D eigenvalue weighted by Gasteiger charge is 2.51. The molecule has 29 heavy (non-hydrogen) atoms. The molecule has 3 fully saturated rings. The van der Waals surface area contributed by atoms with E-state index in [9.17, 15) is 18.4 Å². The molecule has 1 unspecified atom stereocenters. The fourth-order valence-electron chi connectivity index (χ4n) is 4.54. The summed E-state index contributed by atoms with van der Waals surface area (Å²) in [6, 6.07) is 3.25. The van der Waals surface area contributed by atoms with Gasteiger partial charge in [0.1, 0.15) is 17.7 Å². The molecule has 4 rings (SSSR count). The van der Waals surface area contributed by atoms with Gasteiger partial charge in [-0.25, -0.2) is 8.78 Å². The van der Waals surface area contributed by atoms with Crippen molar-refractivity contribution in [3.05, 3.63) is 35.4 Å². The number of carbonyl (C=O) groups excluding carboxylic acids is 2. The molecule has 0 saturated carbocycles. The van der Waals surface area contributed by atoms with Crippen LogP contribution in [0.25, 0.3) is 0 Å². The smallest absolute Gasteiger partial charge is 0.312 e. The zero-order valence-corrected chi connectivity index (χ0v) is 16.4. The number of cyclic esters (lactones) is 1. The van der Waals surface area contributed by atoms with E-state index in [1.54, 1.807) is 4.90 Å². The monoisotopic (exact) mass is 408 g/mol. The summed E-state index contributed by atoms with van der Waals surface area (Å²) in [5, 5.41) is 0. The van der Waals surface area contributed by atoms with Crippen molar-refractivity contribution >= 4 is 11.9 Å². The number of halogens is 2. The van der Waals surface area contributed by atoms with Crippen LogP contribution in [0.1, 0.15) is 24.8 Å². The third-order valence-corrected chi connectivity index (χ3v) is 6.32. The molecule has 1 spiro atoms. The first-order chi connectivity index (χ1) is 13.9. The summed E-state index contributed by atoms with van der Waals surface area (Å²) in [7, 11) is 0. The van der Waals surface area contributed by atoms with Crippen LogP contribution in [0.2, 0.25) is 0 Å². The number of hydrogen-bond acceptors (Lipinski definition) is 5. The average Bonchev–Trinajstić information content (AvgIpc) is 2.99. The van der Waals surface area contributed by atoms with Gasteiger partial charge < -0.3 is 14.4 Å². The van der Waals surface area contributed by atoms with Gasteiger partial charge in [0, 0.05) is 45.2 Å². The molecule has 1 atom stereocenters.